The fourth-order valence-corrected chi connectivity index (χ4v) is 5.45. The Hall–Kier alpha value is -2.66. The minimum absolute atomic E-state index is 0.119. The summed E-state index contributed by atoms with van der Waals surface area (Å²) in [7, 11) is 0. The van der Waals surface area contributed by atoms with Gasteiger partial charge in [0, 0.05) is 25.1 Å². The zero-order valence-electron chi connectivity index (χ0n) is 19.4. The van der Waals surface area contributed by atoms with Crippen LogP contribution in [-0.2, 0) is 17.7 Å². The SMILES string of the molecule is Cc1ccc2c(c1O)C[C@@H](C1CCN(Cc3ccc(-c4ccccc4)cc3)CC1)O[C@H]2CN. The largest absolute Gasteiger partial charge is 0.507 e. The number of benzene rings is 3. The van der Waals surface area contributed by atoms with Crippen molar-refractivity contribution < 1.29 is 9.84 Å². The van der Waals surface area contributed by atoms with E-state index >= 15 is 0 Å². The number of aromatic hydroxyl groups is 1. The van der Waals surface area contributed by atoms with E-state index in [4.69, 9.17) is 10.5 Å². The second-order valence-electron chi connectivity index (χ2n) is 9.58. The average molecular weight is 443 g/mol. The molecule has 2 heterocycles. The molecule has 1 fully saturated rings. The maximum Gasteiger partial charge on any atom is 0.122 e. The second kappa shape index (κ2) is 9.68. The lowest BCUT2D eigenvalue weighted by molar-refractivity contribution is -0.0651. The van der Waals surface area contributed by atoms with Gasteiger partial charge in [-0.05, 0) is 66.6 Å². The molecule has 4 nitrogen and oxygen atoms in total. The summed E-state index contributed by atoms with van der Waals surface area (Å²) in [5, 5.41) is 10.7. The first-order valence-electron chi connectivity index (χ1n) is 12.2. The van der Waals surface area contributed by atoms with E-state index in [2.05, 4.69) is 65.6 Å². The van der Waals surface area contributed by atoms with Gasteiger partial charge in [-0.2, -0.15) is 0 Å². The lowest BCUT2D eigenvalue weighted by Gasteiger charge is -2.40. The standard InChI is InChI=1S/C29H34N2O2/c1-20-7-12-25-26(29(20)32)17-27(33-28(25)18-30)24-13-15-31(16-14-24)19-21-8-10-23(11-9-21)22-5-3-2-4-6-22/h2-12,24,27-28,32H,13-19,30H2,1H3/t27-,28-/m0/s1. The van der Waals surface area contributed by atoms with Crippen LogP contribution in [0.5, 0.6) is 5.75 Å². The number of rotatable bonds is 5. The van der Waals surface area contributed by atoms with Crippen molar-refractivity contribution >= 4 is 0 Å². The molecule has 2 aliphatic heterocycles. The van der Waals surface area contributed by atoms with Gasteiger partial charge in [0.2, 0.25) is 0 Å². The summed E-state index contributed by atoms with van der Waals surface area (Å²) >= 11 is 0. The molecular formula is C29H34N2O2. The van der Waals surface area contributed by atoms with E-state index in [1.165, 1.54) is 16.7 Å². The molecule has 3 aromatic carbocycles. The molecule has 0 aromatic heterocycles. The van der Waals surface area contributed by atoms with Gasteiger partial charge in [0.05, 0.1) is 12.2 Å². The average Bonchev–Trinajstić information content (AvgIpc) is 2.87. The number of aryl methyl sites for hydroxylation is 1. The van der Waals surface area contributed by atoms with Crippen molar-refractivity contribution in [1.29, 1.82) is 0 Å². The van der Waals surface area contributed by atoms with E-state index in [1.807, 2.05) is 13.0 Å². The van der Waals surface area contributed by atoms with E-state index < -0.39 is 0 Å². The Morgan fingerprint density at radius 1 is 0.939 bits per heavy atom. The fourth-order valence-electron chi connectivity index (χ4n) is 5.45. The third kappa shape index (κ3) is 4.70. The molecule has 0 spiro atoms. The first-order chi connectivity index (χ1) is 16.1. The number of likely N-dealkylation sites (tertiary alicyclic amines) is 1. The van der Waals surface area contributed by atoms with E-state index in [0.29, 0.717) is 18.2 Å². The predicted molar refractivity (Wildman–Crippen MR) is 133 cm³/mol. The predicted octanol–water partition coefficient (Wildman–Crippen LogP) is 5.22. The third-order valence-electron chi connectivity index (χ3n) is 7.45. The number of fused-ring (bicyclic) bond motifs is 1. The van der Waals surface area contributed by atoms with Crippen molar-refractivity contribution in [3.63, 3.8) is 0 Å². The van der Waals surface area contributed by atoms with Crippen LogP contribution in [-0.4, -0.2) is 35.7 Å². The minimum Gasteiger partial charge on any atom is -0.507 e. The normalized spacial score (nSPS) is 21.6. The van der Waals surface area contributed by atoms with Crippen LogP contribution in [0.4, 0.5) is 0 Å². The highest BCUT2D eigenvalue weighted by atomic mass is 16.5. The van der Waals surface area contributed by atoms with Crippen LogP contribution < -0.4 is 5.73 Å². The maximum atomic E-state index is 10.7. The van der Waals surface area contributed by atoms with Crippen molar-refractivity contribution in [1.82, 2.24) is 4.90 Å². The number of ether oxygens (including phenoxy) is 1. The molecular weight excluding hydrogens is 408 g/mol. The first kappa shape index (κ1) is 22.1. The van der Waals surface area contributed by atoms with E-state index in [-0.39, 0.29) is 12.2 Å². The summed E-state index contributed by atoms with van der Waals surface area (Å²) < 4.78 is 6.45. The summed E-state index contributed by atoms with van der Waals surface area (Å²) in [6.07, 6.45) is 3.03. The third-order valence-corrected chi connectivity index (χ3v) is 7.45. The molecule has 172 valence electrons. The summed E-state index contributed by atoms with van der Waals surface area (Å²) in [5.74, 6) is 0.930. The first-order valence-corrected chi connectivity index (χ1v) is 12.2. The molecule has 33 heavy (non-hydrogen) atoms. The second-order valence-corrected chi connectivity index (χ2v) is 9.58. The molecule has 2 aliphatic rings. The van der Waals surface area contributed by atoms with Gasteiger partial charge < -0.3 is 15.6 Å². The van der Waals surface area contributed by atoms with Crippen molar-refractivity contribution in [2.24, 2.45) is 11.7 Å². The highest BCUT2D eigenvalue weighted by molar-refractivity contribution is 5.63. The van der Waals surface area contributed by atoms with Gasteiger partial charge in [0.15, 0.2) is 0 Å². The van der Waals surface area contributed by atoms with Crippen LogP contribution in [0.15, 0.2) is 66.7 Å². The summed E-state index contributed by atoms with van der Waals surface area (Å²) in [4.78, 5) is 2.55. The zero-order valence-corrected chi connectivity index (χ0v) is 19.4. The topological polar surface area (TPSA) is 58.7 Å². The smallest absolute Gasteiger partial charge is 0.122 e. The Kier molecular flexibility index (Phi) is 6.50. The Bertz CT molecular complexity index is 1070. The number of piperidine rings is 1. The van der Waals surface area contributed by atoms with Crippen molar-refractivity contribution in [2.45, 2.75) is 44.9 Å². The lowest BCUT2D eigenvalue weighted by Crippen LogP contribution is -2.41. The minimum atomic E-state index is -0.119. The molecule has 4 heteroatoms. The van der Waals surface area contributed by atoms with Gasteiger partial charge in [-0.1, -0.05) is 66.7 Å². The number of hydrogen-bond acceptors (Lipinski definition) is 4. The molecule has 3 N–H and O–H groups in total. The Morgan fingerprint density at radius 2 is 1.64 bits per heavy atom. The van der Waals surface area contributed by atoms with Crippen molar-refractivity contribution in [2.75, 3.05) is 19.6 Å². The van der Waals surface area contributed by atoms with Crippen molar-refractivity contribution in [3.05, 3.63) is 89.0 Å². The Labute approximate surface area is 197 Å². The van der Waals surface area contributed by atoms with Crippen LogP contribution in [0.1, 0.15) is 41.2 Å². The monoisotopic (exact) mass is 442 g/mol. The highest BCUT2D eigenvalue weighted by Gasteiger charge is 2.35. The fraction of sp³-hybridized carbons (Fsp3) is 0.379. The summed E-state index contributed by atoms with van der Waals surface area (Å²) in [6.45, 7) is 5.55. The molecule has 0 radical (unpaired) electrons. The van der Waals surface area contributed by atoms with E-state index in [1.54, 1.807) is 0 Å². The highest BCUT2D eigenvalue weighted by Crippen LogP contribution is 2.40. The summed E-state index contributed by atoms with van der Waals surface area (Å²) in [6, 6.07) is 23.5. The maximum absolute atomic E-state index is 10.7. The molecule has 1 saturated heterocycles. The number of phenols is 1. The zero-order chi connectivity index (χ0) is 22.8. The number of phenolic OH excluding ortho intramolecular Hbond substituents is 1. The number of nitrogens with two attached hydrogens (primary N) is 1. The molecule has 5 rings (SSSR count). The van der Waals surface area contributed by atoms with Gasteiger partial charge >= 0.3 is 0 Å². The van der Waals surface area contributed by atoms with Crippen molar-refractivity contribution in [3.8, 4) is 16.9 Å². The summed E-state index contributed by atoms with van der Waals surface area (Å²) in [5.41, 5.74) is 13.0. The molecule has 0 bridgehead atoms. The number of hydrogen-bond donors (Lipinski definition) is 2. The van der Waals surface area contributed by atoms with Crippen LogP contribution in [0.2, 0.25) is 0 Å². The lowest BCUT2D eigenvalue weighted by atomic mass is 9.83. The Balaban J connectivity index is 1.19. The number of nitrogens with zero attached hydrogens (tertiary/aromatic N) is 1. The van der Waals surface area contributed by atoms with Gasteiger partial charge in [0.1, 0.15) is 5.75 Å². The van der Waals surface area contributed by atoms with E-state index in [9.17, 15) is 5.11 Å². The van der Waals surface area contributed by atoms with Gasteiger partial charge in [-0.25, -0.2) is 0 Å². The van der Waals surface area contributed by atoms with Gasteiger partial charge in [-0.15, -0.1) is 0 Å². The Morgan fingerprint density at radius 3 is 2.33 bits per heavy atom. The molecule has 0 saturated carbocycles. The molecule has 3 aromatic rings. The van der Waals surface area contributed by atoms with Crippen LogP contribution in [0.3, 0.4) is 0 Å². The van der Waals surface area contributed by atoms with Crippen LogP contribution >= 0.6 is 0 Å². The van der Waals surface area contributed by atoms with Gasteiger partial charge in [-0.3, -0.25) is 4.90 Å². The molecule has 0 amide bonds. The van der Waals surface area contributed by atoms with Crippen LogP contribution in [0.25, 0.3) is 11.1 Å². The molecule has 0 aliphatic carbocycles. The molecule has 2 atom stereocenters. The van der Waals surface area contributed by atoms with E-state index in [0.717, 1.165) is 55.6 Å². The van der Waals surface area contributed by atoms with Crippen LogP contribution in [0, 0.1) is 12.8 Å². The molecule has 0 unspecified atom stereocenters. The quantitative estimate of drug-likeness (QED) is 0.569. The van der Waals surface area contributed by atoms with Gasteiger partial charge in [0.25, 0.3) is 0 Å².